The number of aliphatic carboxylic acids is 1. The number of aryl methyl sites for hydroxylation is 2. The third-order valence-corrected chi connectivity index (χ3v) is 3.96. The quantitative estimate of drug-likeness (QED) is 0.859. The Bertz CT molecular complexity index is 747. The summed E-state index contributed by atoms with van der Waals surface area (Å²) in [4.78, 5) is 40.1. The first-order chi connectivity index (χ1) is 9.41. The number of carboxylic acids is 1. The van der Waals surface area contributed by atoms with Gasteiger partial charge in [-0.05, 0) is 13.8 Å². The van der Waals surface area contributed by atoms with E-state index in [1.807, 2.05) is 6.92 Å². The van der Waals surface area contributed by atoms with Crippen LogP contribution >= 0.6 is 11.3 Å². The molecule has 0 fully saturated rings. The molecule has 7 nitrogen and oxygen atoms in total. The average Bonchev–Trinajstić information content (AvgIpc) is 2.65. The van der Waals surface area contributed by atoms with Gasteiger partial charge < -0.3 is 10.4 Å². The molecule has 2 rings (SSSR count). The van der Waals surface area contributed by atoms with E-state index in [2.05, 4.69) is 10.3 Å². The number of amides is 1. The molecule has 106 valence electrons. The second-order valence-corrected chi connectivity index (χ2v) is 5.42. The zero-order valence-corrected chi connectivity index (χ0v) is 11.8. The summed E-state index contributed by atoms with van der Waals surface area (Å²) in [5.74, 6) is -1.62. The maximum absolute atomic E-state index is 12.3. The molecule has 0 spiro atoms. The number of carbonyl (C=O) groups is 2. The molecule has 0 saturated carbocycles. The Balaban J connectivity index is 2.33. The summed E-state index contributed by atoms with van der Waals surface area (Å²) in [5, 5.41) is 10.9. The highest BCUT2D eigenvalue weighted by molar-refractivity contribution is 7.17. The Morgan fingerprint density at radius 2 is 2.15 bits per heavy atom. The average molecular weight is 295 g/mol. The van der Waals surface area contributed by atoms with Crippen LogP contribution in [0.15, 0.2) is 11.0 Å². The minimum atomic E-state index is -1.01. The maximum Gasteiger partial charge on any atom is 0.305 e. The number of fused-ring (bicyclic) bond motifs is 1. The van der Waals surface area contributed by atoms with Gasteiger partial charge in [0.25, 0.3) is 11.5 Å². The number of nitrogens with one attached hydrogen (secondary N) is 1. The molecule has 0 aliphatic rings. The van der Waals surface area contributed by atoms with E-state index < -0.39 is 17.4 Å². The molecule has 0 aliphatic carbocycles. The van der Waals surface area contributed by atoms with Gasteiger partial charge in [0.15, 0.2) is 4.96 Å². The molecular weight excluding hydrogens is 282 g/mol. The fraction of sp³-hybridized carbons (Fsp3) is 0.333. The highest BCUT2D eigenvalue weighted by Crippen LogP contribution is 2.18. The van der Waals surface area contributed by atoms with Gasteiger partial charge in [0.05, 0.1) is 6.42 Å². The smallest absolute Gasteiger partial charge is 0.305 e. The highest BCUT2D eigenvalue weighted by Gasteiger charge is 2.16. The van der Waals surface area contributed by atoms with Gasteiger partial charge in [0.1, 0.15) is 5.56 Å². The number of aromatic nitrogens is 2. The topological polar surface area (TPSA) is 101 Å². The SMILES string of the molecule is Cc1sc2ncc(C(=O)NCCC(=O)O)c(=O)n2c1C. The summed E-state index contributed by atoms with van der Waals surface area (Å²) in [5.41, 5.74) is 0.223. The molecule has 0 saturated heterocycles. The van der Waals surface area contributed by atoms with Crippen LogP contribution in [-0.4, -0.2) is 32.9 Å². The zero-order valence-electron chi connectivity index (χ0n) is 11.0. The normalized spacial score (nSPS) is 10.7. The van der Waals surface area contributed by atoms with Gasteiger partial charge in [-0.1, -0.05) is 0 Å². The minimum absolute atomic E-state index is 0.0298. The lowest BCUT2D eigenvalue weighted by atomic mass is 10.3. The van der Waals surface area contributed by atoms with Gasteiger partial charge in [-0.3, -0.25) is 18.8 Å². The lowest BCUT2D eigenvalue weighted by molar-refractivity contribution is -0.136. The fourth-order valence-corrected chi connectivity index (χ4v) is 2.64. The second-order valence-electron chi connectivity index (χ2n) is 4.24. The first kappa shape index (κ1) is 14.2. The van der Waals surface area contributed by atoms with Crippen LogP contribution in [0.1, 0.15) is 27.3 Å². The Labute approximate surface area is 117 Å². The first-order valence-corrected chi connectivity index (χ1v) is 6.71. The molecule has 2 aromatic rings. The number of nitrogens with zero attached hydrogens (tertiary/aromatic N) is 2. The molecule has 0 unspecified atom stereocenters. The monoisotopic (exact) mass is 295 g/mol. The second kappa shape index (κ2) is 5.41. The summed E-state index contributed by atoms with van der Waals surface area (Å²) < 4.78 is 1.39. The molecule has 0 aliphatic heterocycles. The lowest BCUT2D eigenvalue weighted by Crippen LogP contribution is -2.32. The Hall–Kier alpha value is -2.22. The van der Waals surface area contributed by atoms with Crippen molar-refractivity contribution in [3.63, 3.8) is 0 Å². The molecule has 2 aromatic heterocycles. The summed E-state index contributed by atoms with van der Waals surface area (Å²) in [6.45, 7) is 3.63. The number of hydrogen-bond donors (Lipinski definition) is 2. The van der Waals surface area contributed by atoms with Crippen LogP contribution in [0.3, 0.4) is 0 Å². The molecule has 8 heteroatoms. The van der Waals surface area contributed by atoms with E-state index in [4.69, 9.17) is 5.11 Å². The largest absolute Gasteiger partial charge is 0.481 e. The van der Waals surface area contributed by atoms with E-state index in [1.54, 1.807) is 6.92 Å². The van der Waals surface area contributed by atoms with Crippen LogP contribution in [0.4, 0.5) is 0 Å². The Morgan fingerprint density at radius 3 is 2.80 bits per heavy atom. The van der Waals surface area contributed by atoms with Gasteiger partial charge in [-0.25, -0.2) is 4.98 Å². The predicted octanol–water partition coefficient (Wildman–Crippen LogP) is 0.577. The van der Waals surface area contributed by atoms with E-state index in [9.17, 15) is 14.4 Å². The summed E-state index contributed by atoms with van der Waals surface area (Å²) in [6, 6.07) is 0. The van der Waals surface area contributed by atoms with Crippen molar-refractivity contribution in [2.75, 3.05) is 6.54 Å². The number of carbonyl (C=O) groups excluding carboxylic acids is 1. The first-order valence-electron chi connectivity index (χ1n) is 5.89. The Morgan fingerprint density at radius 1 is 1.45 bits per heavy atom. The van der Waals surface area contributed by atoms with Crippen LogP contribution in [0.25, 0.3) is 4.96 Å². The van der Waals surface area contributed by atoms with Gasteiger partial charge >= 0.3 is 5.97 Å². The molecule has 0 atom stereocenters. The fourth-order valence-electron chi connectivity index (χ4n) is 1.71. The van der Waals surface area contributed by atoms with Gasteiger partial charge in [0.2, 0.25) is 0 Å². The predicted molar refractivity (Wildman–Crippen MR) is 73.4 cm³/mol. The van der Waals surface area contributed by atoms with E-state index in [0.717, 1.165) is 10.6 Å². The summed E-state index contributed by atoms with van der Waals surface area (Å²) in [7, 11) is 0. The van der Waals surface area contributed by atoms with Crippen molar-refractivity contribution in [1.29, 1.82) is 0 Å². The van der Waals surface area contributed by atoms with Crippen molar-refractivity contribution >= 4 is 28.2 Å². The molecular formula is C12H13N3O4S. The summed E-state index contributed by atoms with van der Waals surface area (Å²) >= 11 is 1.38. The standard InChI is InChI=1S/C12H13N3O4S/c1-6-7(2)20-12-14-5-8(11(19)15(6)12)10(18)13-4-3-9(16)17/h5H,3-4H2,1-2H3,(H,13,18)(H,16,17). The van der Waals surface area contributed by atoms with E-state index in [1.165, 1.54) is 21.9 Å². The van der Waals surface area contributed by atoms with Crippen molar-refractivity contribution < 1.29 is 14.7 Å². The molecule has 20 heavy (non-hydrogen) atoms. The molecule has 0 radical (unpaired) electrons. The minimum Gasteiger partial charge on any atom is -0.481 e. The van der Waals surface area contributed by atoms with Crippen molar-refractivity contribution in [2.24, 2.45) is 0 Å². The number of rotatable bonds is 4. The Kier molecular flexibility index (Phi) is 3.84. The molecule has 1 amide bonds. The maximum atomic E-state index is 12.3. The summed E-state index contributed by atoms with van der Waals surface area (Å²) in [6.07, 6.45) is 1.03. The van der Waals surface area contributed by atoms with E-state index in [-0.39, 0.29) is 18.5 Å². The van der Waals surface area contributed by atoms with Gasteiger partial charge in [-0.15, -0.1) is 11.3 Å². The van der Waals surface area contributed by atoms with Crippen LogP contribution in [0.5, 0.6) is 0 Å². The van der Waals surface area contributed by atoms with E-state index in [0.29, 0.717) is 4.96 Å². The van der Waals surface area contributed by atoms with Crippen molar-refractivity contribution in [3.8, 4) is 0 Å². The van der Waals surface area contributed by atoms with Crippen LogP contribution in [-0.2, 0) is 4.79 Å². The third kappa shape index (κ3) is 2.55. The number of hydrogen-bond acceptors (Lipinski definition) is 5. The van der Waals surface area contributed by atoms with Crippen LogP contribution in [0, 0.1) is 13.8 Å². The van der Waals surface area contributed by atoms with Crippen molar-refractivity contribution in [3.05, 3.63) is 32.7 Å². The van der Waals surface area contributed by atoms with Crippen molar-refractivity contribution in [2.45, 2.75) is 20.3 Å². The molecule has 2 heterocycles. The van der Waals surface area contributed by atoms with Crippen LogP contribution < -0.4 is 10.9 Å². The van der Waals surface area contributed by atoms with Gasteiger partial charge in [0, 0.05) is 23.3 Å². The van der Waals surface area contributed by atoms with E-state index >= 15 is 0 Å². The molecule has 0 aromatic carbocycles. The third-order valence-electron chi connectivity index (χ3n) is 2.89. The number of carboxylic acid groups (broad SMARTS) is 1. The molecule has 2 N–H and O–H groups in total. The van der Waals surface area contributed by atoms with Crippen LogP contribution in [0.2, 0.25) is 0 Å². The number of thiazole rings is 1. The zero-order chi connectivity index (χ0) is 14.9. The molecule has 0 bridgehead atoms. The van der Waals surface area contributed by atoms with Crippen molar-refractivity contribution in [1.82, 2.24) is 14.7 Å². The lowest BCUT2D eigenvalue weighted by Gasteiger charge is -2.03. The highest BCUT2D eigenvalue weighted by atomic mass is 32.1. The van der Waals surface area contributed by atoms with Gasteiger partial charge in [-0.2, -0.15) is 0 Å².